The molecule has 3 aromatic carbocycles. The van der Waals surface area contributed by atoms with E-state index in [4.69, 9.17) is 4.98 Å². The predicted octanol–water partition coefficient (Wildman–Crippen LogP) is 5.84. The van der Waals surface area contributed by atoms with Gasteiger partial charge in [-0.2, -0.15) is 0 Å². The van der Waals surface area contributed by atoms with Crippen molar-refractivity contribution in [2.75, 3.05) is 19.0 Å². The van der Waals surface area contributed by atoms with Gasteiger partial charge in [0.2, 0.25) is 0 Å². The molecule has 4 rings (SSSR count). The minimum Gasteiger partial charge on any atom is -0.469 e. The Morgan fingerprint density at radius 2 is 1.68 bits per heavy atom. The van der Waals surface area contributed by atoms with E-state index in [1.807, 2.05) is 36.4 Å². The average Bonchev–Trinajstić information content (AvgIpc) is 3.21. The van der Waals surface area contributed by atoms with Crippen LogP contribution >= 0.6 is 0 Å². The molecule has 1 heterocycles. The van der Waals surface area contributed by atoms with Crippen LogP contribution in [0.25, 0.3) is 28.1 Å². The molecule has 0 aliphatic rings. The third-order valence-electron chi connectivity index (χ3n) is 5.32. The Bertz CT molecular complexity index is 1140. The van der Waals surface area contributed by atoms with Crippen LogP contribution < -0.4 is 5.32 Å². The molecule has 0 spiro atoms. The van der Waals surface area contributed by atoms with Gasteiger partial charge >= 0.3 is 5.97 Å². The van der Waals surface area contributed by atoms with Crippen LogP contribution in [0.1, 0.15) is 25.7 Å². The summed E-state index contributed by atoms with van der Waals surface area (Å²) in [6, 6.07) is 26.9. The van der Waals surface area contributed by atoms with E-state index in [1.54, 1.807) is 0 Å². The molecular formula is C26H27N3O2. The van der Waals surface area contributed by atoms with Gasteiger partial charge in [-0.15, -0.1) is 0 Å². The highest BCUT2D eigenvalue weighted by atomic mass is 16.5. The van der Waals surface area contributed by atoms with Crippen molar-refractivity contribution >= 4 is 22.7 Å². The highest BCUT2D eigenvalue weighted by molar-refractivity contribution is 5.86. The standard InChI is InChI=1S/C26H27N3O2/c1-31-25(30)15-9-4-10-18-27-21-16-17-24-23(19-21)28-26(20-11-5-2-6-12-20)29(24)22-13-7-3-8-14-22/h2-3,5-8,11-14,16-17,19,27H,4,9-10,15,18H2,1H3. The molecule has 0 unspecified atom stereocenters. The summed E-state index contributed by atoms with van der Waals surface area (Å²) in [5, 5.41) is 3.48. The third kappa shape index (κ3) is 4.94. The number of carbonyl (C=O) groups excluding carboxylic acids is 1. The van der Waals surface area contributed by atoms with Gasteiger partial charge in [-0.05, 0) is 43.2 Å². The number of aromatic nitrogens is 2. The second-order valence-corrected chi connectivity index (χ2v) is 7.49. The van der Waals surface area contributed by atoms with E-state index in [-0.39, 0.29) is 5.97 Å². The Hall–Kier alpha value is -3.60. The van der Waals surface area contributed by atoms with E-state index in [2.05, 4.69) is 57.1 Å². The predicted molar refractivity (Wildman–Crippen MR) is 125 cm³/mol. The number of carbonyl (C=O) groups is 1. The third-order valence-corrected chi connectivity index (χ3v) is 5.32. The fraction of sp³-hybridized carbons (Fsp3) is 0.231. The zero-order chi connectivity index (χ0) is 21.5. The molecule has 5 heteroatoms. The number of unbranched alkanes of at least 4 members (excludes halogenated alkanes) is 2. The largest absolute Gasteiger partial charge is 0.469 e. The van der Waals surface area contributed by atoms with Crippen LogP contribution in [0, 0.1) is 0 Å². The summed E-state index contributed by atoms with van der Waals surface area (Å²) in [5.41, 5.74) is 5.27. The lowest BCUT2D eigenvalue weighted by atomic mass is 10.2. The zero-order valence-corrected chi connectivity index (χ0v) is 17.8. The van der Waals surface area contributed by atoms with Crippen molar-refractivity contribution in [3.05, 3.63) is 78.9 Å². The second-order valence-electron chi connectivity index (χ2n) is 7.49. The maximum Gasteiger partial charge on any atom is 0.305 e. The molecule has 0 saturated carbocycles. The molecule has 0 fully saturated rings. The van der Waals surface area contributed by atoms with Gasteiger partial charge in [0.15, 0.2) is 0 Å². The first-order valence-electron chi connectivity index (χ1n) is 10.7. The SMILES string of the molecule is COC(=O)CCCCCNc1ccc2c(c1)nc(-c1ccccc1)n2-c1ccccc1. The van der Waals surface area contributed by atoms with Gasteiger partial charge in [-0.1, -0.05) is 55.0 Å². The molecule has 0 bridgehead atoms. The summed E-state index contributed by atoms with van der Waals surface area (Å²) in [6.45, 7) is 0.859. The minimum absolute atomic E-state index is 0.137. The summed E-state index contributed by atoms with van der Waals surface area (Å²) in [7, 11) is 1.43. The van der Waals surface area contributed by atoms with Gasteiger partial charge in [-0.25, -0.2) is 4.98 Å². The monoisotopic (exact) mass is 413 g/mol. The maximum atomic E-state index is 11.2. The number of nitrogens with zero attached hydrogens (tertiary/aromatic N) is 2. The van der Waals surface area contributed by atoms with Gasteiger partial charge in [0.1, 0.15) is 5.82 Å². The smallest absolute Gasteiger partial charge is 0.305 e. The lowest BCUT2D eigenvalue weighted by Gasteiger charge is -2.10. The number of imidazole rings is 1. The molecule has 0 atom stereocenters. The lowest BCUT2D eigenvalue weighted by molar-refractivity contribution is -0.140. The van der Waals surface area contributed by atoms with Crippen molar-refractivity contribution in [3.63, 3.8) is 0 Å². The molecule has 1 aromatic heterocycles. The summed E-state index contributed by atoms with van der Waals surface area (Å²) in [4.78, 5) is 16.2. The Morgan fingerprint density at radius 3 is 2.42 bits per heavy atom. The first kappa shape index (κ1) is 20.7. The summed E-state index contributed by atoms with van der Waals surface area (Å²) in [6.07, 6.45) is 3.34. The van der Waals surface area contributed by atoms with E-state index < -0.39 is 0 Å². The van der Waals surface area contributed by atoms with Crippen molar-refractivity contribution < 1.29 is 9.53 Å². The van der Waals surface area contributed by atoms with Gasteiger partial charge in [0, 0.05) is 29.9 Å². The van der Waals surface area contributed by atoms with Crippen LogP contribution in [-0.2, 0) is 9.53 Å². The van der Waals surface area contributed by atoms with Crippen LogP contribution in [-0.4, -0.2) is 29.2 Å². The van der Waals surface area contributed by atoms with Gasteiger partial charge in [0.05, 0.1) is 18.1 Å². The normalized spacial score (nSPS) is 10.9. The molecule has 4 aromatic rings. The number of nitrogens with one attached hydrogen (secondary N) is 1. The average molecular weight is 414 g/mol. The molecule has 0 aliphatic heterocycles. The van der Waals surface area contributed by atoms with Crippen LogP contribution in [0.4, 0.5) is 5.69 Å². The topological polar surface area (TPSA) is 56.1 Å². The Labute approximate surface area is 182 Å². The number of esters is 1. The molecule has 0 saturated heterocycles. The number of anilines is 1. The van der Waals surface area contributed by atoms with Crippen molar-refractivity contribution in [3.8, 4) is 17.1 Å². The number of fused-ring (bicyclic) bond motifs is 1. The molecular weight excluding hydrogens is 386 g/mol. The minimum atomic E-state index is -0.137. The van der Waals surface area contributed by atoms with Crippen LogP contribution in [0.2, 0.25) is 0 Å². The van der Waals surface area contributed by atoms with Crippen molar-refractivity contribution in [2.45, 2.75) is 25.7 Å². The number of rotatable bonds is 9. The van der Waals surface area contributed by atoms with Crippen molar-refractivity contribution in [1.29, 1.82) is 0 Å². The lowest BCUT2D eigenvalue weighted by Crippen LogP contribution is -2.03. The van der Waals surface area contributed by atoms with E-state index >= 15 is 0 Å². The fourth-order valence-electron chi connectivity index (χ4n) is 3.72. The Morgan fingerprint density at radius 1 is 0.935 bits per heavy atom. The maximum absolute atomic E-state index is 11.2. The Kier molecular flexibility index (Phi) is 6.62. The molecule has 158 valence electrons. The van der Waals surface area contributed by atoms with Crippen LogP contribution in [0.15, 0.2) is 78.9 Å². The van der Waals surface area contributed by atoms with Crippen LogP contribution in [0.3, 0.4) is 0 Å². The van der Waals surface area contributed by atoms with E-state index in [0.29, 0.717) is 6.42 Å². The zero-order valence-electron chi connectivity index (χ0n) is 17.8. The molecule has 31 heavy (non-hydrogen) atoms. The summed E-state index contributed by atoms with van der Waals surface area (Å²) >= 11 is 0. The fourth-order valence-corrected chi connectivity index (χ4v) is 3.72. The highest BCUT2D eigenvalue weighted by Gasteiger charge is 2.14. The summed E-state index contributed by atoms with van der Waals surface area (Å²) in [5.74, 6) is 0.795. The second kappa shape index (κ2) is 9.94. The number of methoxy groups -OCH3 is 1. The van der Waals surface area contributed by atoms with Crippen molar-refractivity contribution in [1.82, 2.24) is 9.55 Å². The van der Waals surface area contributed by atoms with Crippen molar-refractivity contribution in [2.24, 2.45) is 0 Å². The molecule has 1 N–H and O–H groups in total. The van der Waals surface area contributed by atoms with E-state index in [0.717, 1.165) is 59.6 Å². The first-order chi connectivity index (χ1) is 15.3. The molecule has 0 aliphatic carbocycles. The number of hydrogen-bond donors (Lipinski definition) is 1. The van der Waals surface area contributed by atoms with Crippen LogP contribution in [0.5, 0.6) is 0 Å². The van der Waals surface area contributed by atoms with Gasteiger partial charge in [-0.3, -0.25) is 9.36 Å². The number of ether oxygens (including phenoxy) is 1. The number of para-hydroxylation sites is 1. The van der Waals surface area contributed by atoms with E-state index in [1.165, 1.54) is 7.11 Å². The molecule has 0 radical (unpaired) electrons. The highest BCUT2D eigenvalue weighted by Crippen LogP contribution is 2.30. The quantitative estimate of drug-likeness (QED) is 0.277. The number of hydrogen-bond acceptors (Lipinski definition) is 4. The first-order valence-corrected chi connectivity index (χ1v) is 10.7. The van der Waals surface area contributed by atoms with Gasteiger partial charge < -0.3 is 10.1 Å². The molecule has 0 amide bonds. The number of benzene rings is 3. The van der Waals surface area contributed by atoms with E-state index in [9.17, 15) is 4.79 Å². The Balaban J connectivity index is 1.54. The summed E-state index contributed by atoms with van der Waals surface area (Å²) < 4.78 is 6.89. The molecule has 5 nitrogen and oxygen atoms in total. The van der Waals surface area contributed by atoms with Gasteiger partial charge in [0.25, 0.3) is 0 Å².